The molecule has 176 valence electrons. The van der Waals surface area contributed by atoms with Gasteiger partial charge in [-0.1, -0.05) is 35.3 Å². The number of aromatic amines is 1. The number of hydrogen-bond donors (Lipinski definition) is 3. The number of carbonyl (C=O) groups is 1. The molecule has 3 aromatic heterocycles. The smallest absolute Gasteiger partial charge is 0.269 e. The van der Waals surface area contributed by atoms with Gasteiger partial charge in [-0.2, -0.15) is 10.1 Å². The summed E-state index contributed by atoms with van der Waals surface area (Å²) in [6.45, 7) is 1.54. The number of benzene rings is 1. The average molecular weight is 503 g/mol. The number of ether oxygens (including phenoxy) is 2. The van der Waals surface area contributed by atoms with Gasteiger partial charge in [0, 0.05) is 16.8 Å². The molecule has 4 rings (SSSR count). The number of H-pyrrole nitrogens is 1. The lowest BCUT2D eigenvalue weighted by atomic mass is 10.1. The third-order valence-corrected chi connectivity index (χ3v) is 5.45. The highest BCUT2D eigenvalue weighted by molar-refractivity contribution is 6.31. The van der Waals surface area contributed by atoms with Crippen LogP contribution < -0.4 is 10.1 Å². The highest BCUT2D eigenvalue weighted by Crippen LogP contribution is 2.30. The first-order valence-electron chi connectivity index (χ1n) is 10.2. The number of aromatic nitrogens is 5. The van der Waals surface area contributed by atoms with Gasteiger partial charge in [-0.3, -0.25) is 9.89 Å². The maximum absolute atomic E-state index is 13.0. The molecular formula is C22H20Cl2N6O4. The summed E-state index contributed by atoms with van der Waals surface area (Å²) >= 11 is 12.1. The van der Waals surface area contributed by atoms with E-state index in [1.165, 1.54) is 12.4 Å². The van der Waals surface area contributed by atoms with Crippen molar-refractivity contribution in [1.29, 1.82) is 0 Å². The molecule has 34 heavy (non-hydrogen) atoms. The molecule has 3 heterocycles. The van der Waals surface area contributed by atoms with Gasteiger partial charge < -0.3 is 19.9 Å². The Morgan fingerprint density at radius 2 is 2.06 bits per heavy atom. The number of rotatable bonds is 9. The molecule has 0 saturated heterocycles. The van der Waals surface area contributed by atoms with E-state index >= 15 is 0 Å². The SMILES string of the molecule is Cc1c(Cl)cccc1-c1nc(O[C@@H](COCCO)C(=O)Nc2ccc(Cl)cn2)c2cn[nH]c2n1. The first-order chi connectivity index (χ1) is 16.5. The lowest BCUT2D eigenvalue weighted by Crippen LogP contribution is -2.37. The molecule has 0 aliphatic rings. The van der Waals surface area contributed by atoms with E-state index in [1.54, 1.807) is 24.3 Å². The lowest BCUT2D eigenvalue weighted by molar-refractivity contribution is -0.125. The highest BCUT2D eigenvalue weighted by Gasteiger charge is 2.25. The maximum atomic E-state index is 13.0. The van der Waals surface area contributed by atoms with Gasteiger partial charge >= 0.3 is 0 Å². The molecule has 10 nitrogen and oxygen atoms in total. The minimum absolute atomic E-state index is 0.0319. The van der Waals surface area contributed by atoms with Gasteiger partial charge in [0.15, 0.2) is 11.5 Å². The van der Waals surface area contributed by atoms with Crippen LogP contribution in [-0.2, 0) is 9.53 Å². The summed E-state index contributed by atoms with van der Waals surface area (Å²) in [5.41, 5.74) is 1.93. The topological polar surface area (TPSA) is 135 Å². The Morgan fingerprint density at radius 3 is 2.82 bits per heavy atom. The van der Waals surface area contributed by atoms with E-state index in [-0.39, 0.29) is 31.5 Å². The summed E-state index contributed by atoms with van der Waals surface area (Å²) in [5.74, 6) is 0.242. The fourth-order valence-corrected chi connectivity index (χ4v) is 3.36. The molecule has 3 N–H and O–H groups in total. The fourth-order valence-electron chi connectivity index (χ4n) is 3.08. The predicted octanol–water partition coefficient (Wildman–Crippen LogP) is 3.43. The van der Waals surface area contributed by atoms with Gasteiger partial charge in [0.25, 0.3) is 5.91 Å². The molecule has 0 radical (unpaired) electrons. The van der Waals surface area contributed by atoms with Crippen LogP contribution in [0.15, 0.2) is 42.7 Å². The zero-order chi connectivity index (χ0) is 24.1. The standard InChI is InChI=1S/C22H20Cl2N6O4/c1-12-14(3-2-4-16(12)24)19-28-20-15(10-26-30-20)22(29-19)34-17(11-33-8-7-31)21(32)27-18-6-5-13(23)9-25-18/h2-6,9-10,17,31H,7-8,11H2,1H3,(H,25,27,32)(H,26,28,29,30)/t17-/m0/s1. The summed E-state index contributed by atoms with van der Waals surface area (Å²) in [5, 5.41) is 20.0. The minimum atomic E-state index is -1.12. The Hall–Kier alpha value is -3.31. The van der Waals surface area contributed by atoms with E-state index in [0.29, 0.717) is 32.5 Å². The van der Waals surface area contributed by atoms with Crippen LogP contribution in [-0.4, -0.2) is 62.1 Å². The fraction of sp³-hybridized carbons (Fsp3) is 0.227. The lowest BCUT2D eigenvalue weighted by Gasteiger charge is -2.19. The van der Waals surface area contributed by atoms with Crippen molar-refractivity contribution in [3.8, 4) is 17.3 Å². The van der Waals surface area contributed by atoms with E-state index in [1.807, 2.05) is 13.0 Å². The number of hydrogen-bond acceptors (Lipinski definition) is 8. The number of anilines is 1. The van der Waals surface area contributed by atoms with Crippen molar-refractivity contribution in [2.45, 2.75) is 13.0 Å². The summed E-state index contributed by atoms with van der Waals surface area (Å²) < 4.78 is 11.4. The van der Waals surface area contributed by atoms with Crippen molar-refractivity contribution < 1.29 is 19.4 Å². The molecule has 0 saturated carbocycles. The quantitative estimate of drug-likeness (QED) is 0.296. The zero-order valence-corrected chi connectivity index (χ0v) is 19.5. The summed E-state index contributed by atoms with van der Waals surface area (Å²) in [4.78, 5) is 26.1. The molecule has 0 aliphatic carbocycles. The van der Waals surface area contributed by atoms with Gasteiger partial charge in [-0.15, -0.1) is 0 Å². The van der Waals surface area contributed by atoms with Gasteiger partial charge in [0.2, 0.25) is 12.0 Å². The Morgan fingerprint density at radius 1 is 1.21 bits per heavy atom. The molecule has 0 bridgehead atoms. The molecule has 1 amide bonds. The van der Waals surface area contributed by atoms with E-state index in [4.69, 9.17) is 37.8 Å². The molecular weight excluding hydrogens is 483 g/mol. The molecule has 0 spiro atoms. The van der Waals surface area contributed by atoms with Crippen LogP contribution in [0.1, 0.15) is 5.56 Å². The van der Waals surface area contributed by atoms with Crippen LogP contribution in [0.3, 0.4) is 0 Å². The van der Waals surface area contributed by atoms with Crippen molar-refractivity contribution >= 4 is 46.0 Å². The monoisotopic (exact) mass is 502 g/mol. The molecule has 12 heteroatoms. The summed E-state index contributed by atoms with van der Waals surface area (Å²) in [7, 11) is 0. The number of nitrogens with zero attached hydrogens (tertiary/aromatic N) is 4. The van der Waals surface area contributed by atoms with Crippen LogP contribution in [0.4, 0.5) is 5.82 Å². The largest absolute Gasteiger partial charge is 0.461 e. The molecule has 1 atom stereocenters. The number of aliphatic hydroxyl groups excluding tert-OH is 1. The van der Waals surface area contributed by atoms with Crippen LogP contribution in [0.5, 0.6) is 5.88 Å². The Bertz CT molecular complexity index is 1300. The summed E-state index contributed by atoms with van der Waals surface area (Å²) in [6.07, 6.45) is 1.79. The first kappa shape index (κ1) is 23.8. The van der Waals surface area contributed by atoms with Crippen molar-refractivity contribution in [2.24, 2.45) is 0 Å². The molecule has 0 aliphatic heterocycles. The third kappa shape index (κ3) is 5.42. The third-order valence-electron chi connectivity index (χ3n) is 4.81. The van der Waals surface area contributed by atoms with Crippen LogP contribution in [0, 0.1) is 6.92 Å². The van der Waals surface area contributed by atoms with Crippen LogP contribution in [0.2, 0.25) is 10.0 Å². The minimum Gasteiger partial charge on any atom is -0.461 e. The Balaban J connectivity index is 1.67. The Labute approximate surface area is 204 Å². The van der Waals surface area contributed by atoms with Crippen molar-refractivity contribution in [3.05, 3.63) is 58.3 Å². The van der Waals surface area contributed by atoms with Gasteiger partial charge in [-0.05, 0) is 30.7 Å². The second kappa shape index (κ2) is 10.7. The number of fused-ring (bicyclic) bond motifs is 1. The van der Waals surface area contributed by atoms with Crippen molar-refractivity contribution in [1.82, 2.24) is 25.1 Å². The number of amides is 1. The molecule has 4 aromatic rings. The second-order valence-electron chi connectivity index (χ2n) is 7.15. The number of carbonyl (C=O) groups excluding carboxylic acids is 1. The van der Waals surface area contributed by atoms with Crippen LogP contribution in [0.25, 0.3) is 22.4 Å². The number of aliphatic hydroxyl groups is 1. The number of nitrogens with one attached hydrogen (secondary N) is 2. The van der Waals surface area contributed by atoms with Gasteiger partial charge in [0.1, 0.15) is 11.2 Å². The second-order valence-corrected chi connectivity index (χ2v) is 8.00. The Kier molecular flexibility index (Phi) is 7.53. The van der Waals surface area contributed by atoms with E-state index in [0.717, 1.165) is 5.56 Å². The van der Waals surface area contributed by atoms with Crippen LogP contribution >= 0.6 is 23.2 Å². The maximum Gasteiger partial charge on any atom is 0.269 e. The zero-order valence-electron chi connectivity index (χ0n) is 18.0. The number of halogens is 2. The van der Waals surface area contributed by atoms with E-state index in [9.17, 15) is 4.79 Å². The van der Waals surface area contributed by atoms with Gasteiger partial charge in [-0.25, -0.2) is 9.97 Å². The normalized spacial score (nSPS) is 12.0. The predicted molar refractivity (Wildman–Crippen MR) is 127 cm³/mol. The number of pyridine rings is 1. The molecule has 0 unspecified atom stereocenters. The van der Waals surface area contributed by atoms with Crippen molar-refractivity contribution in [3.63, 3.8) is 0 Å². The molecule has 0 fully saturated rings. The highest BCUT2D eigenvalue weighted by atomic mass is 35.5. The van der Waals surface area contributed by atoms with Gasteiger partial charge in [0.05, 0.1) is 31.0 Å². The summed E-state index contributed by atoms with van der Waals surface area (Å²) in [6, 6.07) is 8.56. The van der Waals surface area contributed by atoms with E-state index in [2.05, 4.69) is 30.5 Å². The van der Waals surface area contributed by atoms with E-state index < -0.39 is 12.0 Å². The first-order valence-corrected chi connectivity index (χ1v) is 11.0. The average Bonchev–Trinajstić information content (AvgIpc) is 3.31. The van der Waals surface area contributed by atoms with Crippen molar-refractivity contribution in [2.75, 3.05) is 25.1 Å². The molecule has 1 aromatic carbocycles.